The summed E-state index contributed by atoms with van der Waals surface area (Å²) in [6, 6.07) is 14.8. The van der Waals surface area contributed by atoms with E-state index in [1.165, 1.54) is 0 Å². The minimum Gasteiger partial charge on any atom is -0.508 e. The molecule has 0 unspecified atom stereocenters. The topological polar surface area (TPSA) is 62.9 Å². The molecule has 1 saturated heterocycles. The molecule has 4 aromatic rings. The summed E-state index contributed by atoms with van der Waals surface area (Å²) in [5, 5.41) is 10.4. The van der Waals surface area contributed by atoms with Crippen LogP contribution in [0.4, 0.5) is 5.82 Å². The number of ether oxygens (including phenoxy) is 1. The molecule has 146 valence electrons. The van der Waals surface area contributed by atoms with Crippen molar-refractivity contribution in [2.45, 2.75) is 0 Å². The average Bonchev–Trinajstić information content (AvgIpc) is 3.15. The molecule has 3 heterocycles. The summed E-state index contributed by atoms with van der Waals surface area (Å²) >= 11 is 6.10. The highest BCUT2D eigenvalue weighted by Gasteiger charge is 2.22. The fourth-order valence-electron chi connectivity index (χ4n) is 3.67. The van der Waals surface area contributed by atoms with E-state index in [1.54, 1.807) is 18.3 Å². The lowest BCUT2D eigenvalue weighted by molar-refractivity contribution is 0.122. The Labute approximate surface area is 173 Å². The molecule has 1 N–H and O–H groups in total. The molecule has 5 rings (SSSR count). The molecule has 0 atom stereocenters. The third-order valence-electron chi connectivity index (χ3n) is 5.09. The second-order valence-electron chi connectivity index (χ2n) is 6.91. The van der Waals surface area contributed by atoms with Gasteiger partial charge in [-0.3, -0.25) is 4.40 Å². The minimum atomic E-state index is 0.228. The van der Waals surface area contributed by atoms with Crippen LogP contribution in [0, 0.1) is 0 Å². The molecule has 6 nitrogen and oxygen atoms in total. The number of fused-ring (bicyclic) bond motifs is 1. The van der Waals surface area contributed by atoms with Gasteiger partial charge < -0.3 is 14.7 Å². The number of anilines is 1. The van der Waals surface area contributed by atoms with Crippen LogP contribution in [0.3, 0.4) is 0 Å². The maximum atomic E-state index is 9.73. The SMILES string of the molecule is Oc1ccc(-c2c(-c3ccc(Cl)cc3)nc3c(N4CCOCC4)nccn23)cc1. The highest BCUT2D eigenvalue weighted by molar-refractivity contribution is 6.30. The van der Waals surface area contributed by atoms with Crippen LogP contribution in [0.2, 0.25) is 5.02 Å². The van der Waals surface area contributed by atoms with E-state index in [0.29, 0.717) is 18.2 Å². The van der Waals surface area contributed by atoms with E-state index >= 15 is 0 Å². The molecule has 0 bridgehead atoms. The number of imidazole rings is 1. The van der Waals surface area contributed by atoms with Crippen molar-refractivity contribution in [3.05, 3.63) is 65.9 Å². The van der Waals surface area contributed by atoms with Crippen LogP contribution in [0.25, 0.3) is 28.2 Å². The van der Waals surface area contributed by atoms with E-state index < -0.39 is 0 Å². The lowest BCUT2D eigenvalue weighted by Gasteiger charge is -2.27. The quantitative estimate of drug-likeness (QED) is 0.550. The Hall–Kier alpha value is -3.09. The largest absolute Gasteiger partial charge is 0.508 e. The highest BCUT2D eigenvalue weighted by atomic mass is 35.5. The lowest BCUT2D eigenvalue weighted by atomic mass is 10.0. The van der Waals surface area contributed by atoms with Crippen molar-refractivity contribution in [2.75, 3.05) is 31.2 Å². The molecule has 0 radical (unpaired) electrons. The fourth-order valence-corrected chi connectivity index (χ4v) is 3.79. The van der Waals surface area contributed by atoms with Crippen molar-refractivity contribution >= 4 is 23.1 Å². The summed E-state index contributed by atoms with van der Waals surface area (Å²) in [6.07, 6.45) is 3.73. The minimum absolute atomic E-state index is 0.228. The first-order valence-corrected chi connectivity index (χ1v) is 9.83. The monoisotopic (exact) mass is 406 g/mol. The zero-order valence-electron chi connectivity index (χ0n) is 15.6. The summed E-state index contributed by atoms with van der Waals surface area (Å²) in [6.45, 7) is 2.92. The van der Waals surface area contributed by atoms with Gasteiger partial charge in [0.2, 0.25) is 0 Å². The van der Waals surface area contributed by atoms with E-state index in [-0.39, 0.29) is 5.75 Å². The number of rotatable bonds is 3. The maximum Gasteiger partial charge on any atom is 0.181 e. The Morgan fingerprint density at radius 3 is 2.34 bits per heavy atom. The fraction of sp³-hybridized carbons (Fsp3) is 0.182. The third kappa shape index (κ3) is 3.30. The first kappa shape index (κ1) is 18.0. The van der Waals surface area contributed by atoms with E-state index in [9.17, 15) is 5.11 Å². The van der Waals surface area contributed by atoms with Gasteiger partial charge in [-0.2, -0.15) is 0 Å². The Morgan fingerprint density at radius 2 is 1.62 bits per heavy atom. The second-order valence-corrected chi connectivity index (χ2v) is 7.34. The van der Waals surface area contributed by atoms with Gasteiger partial charge in [0.15, 0.2) is 11.5 Å². The smallest absolute Gasteiger partial charge is 0.181 e. The molecule has 1 aliphatic heterocycles. The molecular formula is C22H19ClN4O2. The predicted octanol–water partition coefficient (Wildman–Crippen LogP) is 4.26. The number of hydrogen-bond donors (Lipinski definition) is 1. The van der Waals surface area contributed by atoms with Crippen LogP contribution in [0.5, 0.6) is 5.75 Å². The normalized spacial score (nSPS) is 14.4. The molecule has 0 saturated carbocycles. The van der Waals surface area contributed by atoms with Gasteiger partial charge in [-0.05, 0) is 36.4 Å². The second kappa shape index (κ2) is 7.39. The van der Waals surface area contributed by atoms with Crippen LogP contribution in [0.15, 0.2) is 60.9 Å². The zero-order valence-corrected chi connectivity index (χ0v) is 16.4. The van der Waals surface area contributed by atoms with Gasteiger partial charge in [0.05, 0.1) is 24.6 Å². The van der Waals surface area contributed by atoms with E-state index in [4.69, 9.17) is 21.3 Å². The van der Waals surface area contributed by atoms with Gasteiger partial charge in [0, 0.05) is 41.6 Å². The van der Waals surface area contributed by atoms with Gasteiger partial charge in [-0.1, -0.05) is 23.7 Å². The molecule has 1 aliphatic rings. The molecule has 0 spiro atoms. The van der Waals surface area contributed by atoms with Gasteiger partial charge in [-0.25, -0.2) is 9.97 Å². The Bertz CT molecular complexity index is 1150. The van der Waals surface area contributed by atoms with Crippen LogP contribution in [0.1, 0.15) is 0 Å². The average molecular weight is 407 g/mol. The van der Waals surface area contributed by atoms with Crippen LogP contribution in [-0.2, 0) is 4.74 Å². The summed E-state index contributed by atoms with van der Waals surface area (Å²) in [5.74, 6) is 1.07. The molecular weight excluding hydrogens is 388 g/mol. The van der Waals surface area contributed by atoms with E-state index in [0.717, 1.165) is 47.1 Å². The Kier molecular flexibility index (Phi) is 4.58. The number of phenolic OH excluding ortho intramolecular Hbond substituents is 1. The van der Waals surface area contributed by atoms with Crippen molar-refractivity contribution in [2.24, 2.45) is 0 Å². The highest BCUT2D eigenvalue weighted by Crippen LogP contribution is 2.36. The molecule has 0 aliphatic carbocycles. The number of morpholine rings is 1. The van der Waals surface area contributed by atoms with Crippen molar-refractivity contribution < 1.29 is 9.84 Å². The number of halogens is 1. The predicted molar refractivity (Wildman–Crippen MR) is 114 cm³/mol. The van der Waals surface area contributed by atoms with Crippen LogP contribution in [-0.4, -0.2) is 45.8 Å². The van der Waals surface area contributed by atoms with Gasteiger partial charge >= 0.3 is 0 Å². The number of benzene rings is 2. The first-order valence-electron chi connectivity index (χ1n) is 9.46. The summed E-state index contributed by atoms with van der Waals surface area (Å²) in [4.78, 5) is 11.8. The van der Waals surface area contributed by atoms with Gasteiger partial charge in [0.25, 0.3) is 0 Å². The number of aromatic nitrogens is 3. The Morgan fingerprint density at radius 1 is 0.931 bits per heavy atom. The number of nitrogens with zero attached hydrogens (tertiary/aromatic N) is 4. The summed E-state index contributed by atoms with van der Waals surface area (Å²) in [7, 11) is 0. The molecule has 2 aromatic heterocycles. The van der Waals surface area contributed by atoms with E-state index in [2.05, 4.69) is 14.3 Å². The summed E-state index contributed by atoms with van der Waals surface area (Å²) in [5.41, 5.74) is 4.50. The number of phenols is 1. The van der Waals surface area contributed by atoms with Crippen molar-refractivity contribution in [3.8, 4) is 28.3 Å². The molecule has 0 amide bonds. The van der Waals surface area contributed by atoms with Crippen molar-refractivity contribution in [1.82, 2.24) is 14.4 Å². The molecule has 2 aromatic carbocycles. The molecule has 7 heteroatoms. The first-order chi connectivity index (χ1) is 14.2. The lowest BCUT2D eigenvalue weighted by Crippen LogP contribution is -2.37. The van der Waals surface area contributed by atoms with Gasteiger partial charge in [-0.15, -0.1) is 0 Å². The molecule has 29 heavy (non-hydrogen) atoms. The summed E-state index contributed by atoms with van der Waals surface area (Å²) < 4.78 is 7.55. The van der Waals surface area contributed by atoms with E-state index in [1.807, 2.05) is 42.6 Å². The number of hydrogen-bond acceptors (Lipinski definition) is 5. The van der Waals surface area contributed by atoms with Crippen molar-refractivity contribution in [3.63, 3.8) is 0 Å². The third-order valence-corrected chi connectivity index (χ3v) is 5.34. The number of aromatic hydroxyl groups is 1. The van der Waals surface area contributed by atoms with Gasteiger partial charge in [0.1, 0.15) is 5.75 Å². The standard InChI is InChI=1S/C22H19ClN4O2/c23-17-5-1-15(2-6-17)19-20(16-3-7-18(28)8-4-16)27-10-9-24-21(22(27)25-19)26-11-13-29-14-12-26/h1-10,28H,11-14H2. The zero-order chi connectivity index (χ0) is 19.8. The Balaban J connectivity index is 1.76. The van der Waals surface area contributed by atoms with Crippen LogP contribution < -0.4 is 4.90 Å². The van der Waals surface area contributed by atoms with Crippen LogP contribution >= 0.6 is 11.6 Å². The molecule has 1 fully saturated rings. The van der Waals surface area contributed by atoms with Crippen molar-refractivity contribution in [1.29, 1.82) is 0 Å². The maximum absolute atomic E-state index is 9.73.